The second-order valence-electron chi connectivity index (χ2n) is 4.65. The molecular weight excluding hydrogens is 288 g/mol. The van der Waals surface area contributed by atoms with Crippen molar-refractivity contribution in [2.45, 2.75) is 19.8 Å². The Labute approximate surface area is 121 Å². The molecule has 0 rings (SSSR count). The van der Waals surface area contributed by atoms with Crippen molar-refractivity contribution in [3.63, 3.8) is 0 Å². The van der Waals surface area contributed by atoms with E-state index in [0.29, 0.717) is 6.42 Å². The van der Waals surface area contributed by atoms with Gasteiger partial charge in [0, 0.05) is 0 Å². The molecule has 4 N–H and O–H groups in total. The third-order valence-corrected chi connectivity index (χ3v) is 3.09. The molecule has 0 amide bonds. The van der Waals surface area contributed by atoms with Crippen LogP contribution in [0.5, 0.6) is 0 Å². The number of rotatable bonds is 10. The lowest BCUT2D eigenvalue weighted by Crippen LogP contribution is -2.35. The van der Waals surface area contributed by atoms with E-state index >= 15 is 0 Å². The second-order valence-corrected chi connectivity index (χ2v) is 4.65. The number of aliphatic hydroxyl groups is 2. The molecule has 1 unspecified atom stereocenters. The van der Waals surface area contributed by atoms with E-state index in [0.717, 1.165) is 0 Å². The fourth-order valence-electron chi connectivity index (χ4n) is 1.32. The van der Waals surface area contributed by atoms with E-state index in [1.54, 1.807) is 6.92 Å². The van der Waals surface area contributed by atoms with Crippen LogP contribution in [0.3, 0.4) is 0 Å². The van der Waals surface area contributed by atoms with Crippen molar-refractivity contribution >= 4 is 18.1 Å². The molecule has 0 heterocycles. The highest BCUT2D eigenvalue weighted by Gasteiger charge is 2.29. The van der Waals surface area contributed by atoms with E-state index in [4.69, 9.17) is 25.2 Å². The lowest BCUT2D eigenvalue weighted by atomic mass is 9.88. The van der Waals surface area contributed by atoms with Crippen LogP contribution in [0.25, 0.3) is 0 Å². The quantitative estimate of drug-likeness (QED) is 0.398. The van der Waals surface area contributed by atoms with Gasteiger partial charge >= 0.3 is 18.1 Å². The van der Waals surface area contributed by atoms with Crippen LogP contribution < -0.4 is 0 Å². The lowest BCUT2D eigenvalue weighted by Gasteiger charge is -2.27. The molecule has 0 aliphatic rings. The van der Waals surface area contributed by atoms with Crippen LogP contribution in [-0.2, 0) is 19.1 Å². The predicted molar refractivity (Wildman–Crippen MR) is 67.6 cm³/mol. The number of carboxylic acids is 2. The minimum absolute atomic E-state index is 0.300. The van der Waals surface area contributed by atoms with Gasteiger partial charge in [0.15, 0.2) is 0 Å². The molecule has 0 aliphatic carbocycles. The van der Waals surface area contributed by atoms with Gasteiger partial charge in [0.1, 0.15) is 19.1 Å². The molecule has 9 nitrogen and oxygen atoms in total. The van der Waals surface area contributed by atoms with E-state index in [2.05, 4.69) is 4.74 Å². The number of ether oxygens (including phenoxy) is 2. The van der Waals surface area contributed by atoms with Crippen LogP contribution in [0.1, 0.15) is 19.8 Å². The topological polar surface area (TPSA) is 151 Å². The first-order valence-electron chi connectivity index (χ1n) is 6.26. The summed E-state index contributed by atoms with van der Waals surface area (Å²) < 4.78 is 9.22. The molecule has 0 saturated heterocycles. The zero-order chi connectivity index (χ0) is 16.5. The highest BCUT2D eigenvalue weighted by molar-refractivity contribution is 5.78. The maximum absolute atomic E-state index is 11.3. The Bertz CT molecular complexity index is 353. The van der Waals surface area contributed by atoms with Crippen LogP contribution in [0, 0.1) is 11.3 Å². The molecule has 0 aromatic heterocycles. The van der Waals surface area contributed by atoms with Crippen LogP contribution in [0.15, 0.2) is 0 Å². The number of hydrogen-bond donors (Lipinski definition) is 4. The van der Waals surface area contributed by atoms with Crippen molar-refractivity contribution in [2.24, 2.45) is 11.3 Å². The van der Waals surface area contributed by atoms with Gasteiger partial charge in [-0.25, -0.2) is 4.79 Å². The summed E-state index contributed by atoms with van der Waals surface area (Å²) in [6.07, 6.45) is -1.52. The SMILES string of the molecule is CCC(CO)(CO)COC(=O)OCC(CC(=O)O)C(=O)O. The Balaban J connectivity index is 4.31. The molecule has 0 aromatic rings. The number of hydrogen-bond acceptors (Lipinski definition) is 7. The third-order valence-electron chi connectivity index (χ3n) is 3.09. The summed E-state index contributed by atoms with van der Waals surface area (Å²) in [5.74, 6) is -4.11. The van der Waals surface area contributed by atoms with E-state index in [9.17, 15) is 14.4 Å². The lowest BCUT2D eigenvalue weighted by molar-refractivity contribution is -0.150. The molecule has 122 valence electrons. The highest BCUT2D eigenvalue weighted by atomic mass is 16.7. The fourth-order valence-corrected chi connectivity index (χ4v) is 1.32. The molecule has 0 aliphatic heterocycles. The molecule has 0 aromatic carbocycles. The molecule has 1 atom stereocenters. The molecule has 0 spiro atoms. The largest absolute Gasteiger partial charge is 0.508 e. The van der Waals surface area contributed by atoms with E-state index in [1.807, 2.05) is 0 Å². The van der Waals surface area contributed by atoms with Crippen LogP contribution in [0.2, 0.25) is 0 Å². The number of carbonyl (C=O) groups is 3. The second kappa shape index (κ2) is 9.14. The van der Waals surface area contributed by atoms with E-state index < -0.39 is 55.7 Å². The summed E-state index contributed by atoms with van der Waals surface area (Å²) in [6, 6.07) is 0. The average Bonchev–Trinajstić information content (AvgIpc) is 2.44. The Kier molecular flexibility index (Phi) is 8.32. The van der Waals surface area contributed by atoms with Crippen molar-refractivity contribution in [1.29, 1.82) is 0 Å². The van der Waals surface area contributed by atoms with Crippen LogP contribution in [-0.4, -0.2) is 64.9 Å². The Morgan fingerprint density at radius 2 is 1.67 bits per heavy atom. The summed E-state index contributed by atoms with van der Waals surface area (Å²) in [6.45, 7) is -0.0492. The Hall–Kier alpha value is -1.87. The number of aliphatic hydroxyl groups excluding tert-OH is 2. The van der Waals surface area contributed by atoms with E-state index in [-0.39, 0.29) is 6.61 Å². The van der Waals surface area contributed by atoms with Gasteiger partial charge in [-0.2, -0.15) is 0 Å². The van der Waals surface area contributed by atoms with Crippen molar-refractivity contribution < 1.29 is 44.3 Å². The molecule has 0 saturated carbocycles. The van der Waals surface area contributed by atoms with Crippen molar-refractivity contribution in [3.8, 4) is 0 Å². The summed E-state index contributed by atoms with van der Waals surface area (Å²) in [5, 5.41) is 35.5. The van der Waals surface area contributed by atoms with Gasteiger partial charge in [-0.3, -0.25) is 9.59 Å². The summed E-state index contributed by atoms with van der Waals surface area (Å²) in [5.41, 5.74) is -0.994. The average molecular weight is 308 g/mol. The number of carboxylic acid groups (broad SMARTS) is 2. The normalized spacial score (nSPS) is 12.5. The minimum Gasteiger partial charge on any atom is -0.481 e. The maximum Gasteiger partial charge on any atom is 0.508 e. The number of aliphatic carboxylic acids is 2. The molecule has 9 heteroatoms. The molecule has 0 bridgehead atoms. The van der Waals surface area contributed by atoms with Crippen molar-refractivity contribution in [2.75, 3.05) is 26.4 Å². The monoisotopic (exact) mass is 308 g/mol. The van der Waals surface area contributed by atoms with Gasteiger partial charge in [0.05, 0.1) is 25.0 Å². The highest BCUT2D eigenvalue weighted by Crippen LogP contribution is 2.21. The van der Waals surface area contributed by atoms with Crippen LogP contribution in [0.4, 0.5) is 4.79 Å². The van der Waals surface area contributed by atoms with Gasteiger partial charge < -0.3 is 29.9 Å². The minimum atomic E-state index is -1.40. The van der Waals surface area contributed by atoms with Gasteiger partial charge in [0.2, 0.25) is 0 Å². The first-order valence-corrected chi connectivity index (χ1v) is 6.26. The number of carbonyl (C=O) groups excluding carboxylic acids is 1. The Morgan fingerprint density at radius 3 is 2.05 bits per heavy atom. The van der Waals surface area contributed by atoms with Crippen molar-refractivity contribution in [3.05, 3.63) is 0 Å². The fraction of sp³-hybridized carbons (Fsp3) is 0.750. The molecule has 21 heavy (non-hydrogen) atoms. The molecular formula is C12H20O9. The smallest absolute Gasteiger partial charge is 0.481 e. The van der Waals surface area contributed by atoms with E-state index in [1.165, 1.54) is 0 Å². The van der Waals surface area contributed by atoms with Gasteiger partial charge in [-0.15, -0.1) is 0 Å². The van der Waals surface area contributed by atoms with Gasteiger partial charge in [-0.1, -0.05) is 6.92 Å². The first kappa shape index (κ1) is 19.1. The zero-order valence-electron chi connectivity index (χ0n) is 11.7. The van der Waals surface area contributed by atoms with Gasteiger partial charge in [0.25, 0.3) is 0 Å². The third kappa shape index (κ3) is 6.91. The summed E-state index contributed by atoms with van der Waals surface area (Å²) in [4.78, 5) is 32.5. The molecule has 0 radical (unpaired) electrons. The summed E-state index contributed by atoms with van der Waals surface area (Å²) >= 11 is 0. The first-order chi connectivity index (χ1) is 9.80. The zero-order valence-corrected chi connectivity index (χ0v) is 11.7. The Morgan fingerprint density at radius 1 is 1.10 bits per heavy atom. The summed E-state index contributed by atoms with van der Waals surface area (Å²) in [7, 11) is 0. The standard InChI is InChI=1S/C12H20O9/c1-2-12(5-13,6-14)7-21-11(19)20-4-8(10(17)18)3-9(15)16/h8,13-14H,2-7H2,1H3,(H,15,16)(H,17,18). The maximum atomic E-state index is 11.3. The van der Waals surface area contributed by atoms with Crippen LogP contribution >= 0.6 is 0 Å². The van der Waals surface area contributed by atoms with Crippen molar-refractivity contribution in [1.82, 2.24) is 0 Å². The molecule has 0 fully saturated rings. The van der Waals surface area contributed by atoms with Gasteiger partial charge in [-0.05, 0) is 6.42 Å². The predicted octanol–water partition coefficient (Wildman–Crippen LogP) is -0.304.